The van der Waals surface area contributed by atoms with Gasteiger partial charge in [0.2, 0.25) is 0 Å². The maximum Gasteiger partial charge on any atom is 0.344 e. The molecule has 1 aliphatic carbocycles. The first-order valence-electron chi connectivity index (χ1n) is 16.7. The normalized spacial score (nSPS) is 28.7. The van der Waals surface area contributed by atoms with E-state index in [4.69, 9.17) is 18.9 Å². The third-order valence-electron chi connectivity index (χ3n) is 9.90. The molecule has 3 aliphatic heterocycles. The van der Waals surface area contributed by atoms with E-state index in [0.717, 1.165) is 95.8 Å². The van der Waals surface area contributed by atoms with Crippen LogP contribution in [-0.2, 0) is 35.0 Å². The summed E-state index contributed by atoms with van der Waals surface area (Å²) in [5, 5.41) is 0. The number of carbonyl (C=O) groups is 3. The lowest BCUT2D eigenvalue weighted by molar-refractivity contribution is -0.161. The highest BCUT2D eigenvalue weighted by molar-refractivity contribution is 5.71. The number of unbranched alkanes of at least 4 members (excludes halogenated alkanes) is 2. The number of carbonyl (C=O) groups excluding carboxylic acids is 3. The van der Waals surface area contributed by atoms with E-state index in [1.54, 1.807) is 0 Å². The molecule has 1 saturated carbocycles. The van der Waals surface area contributed by atoms with Crippen LogP contribution in [0.5, 0.6) is 5.75 Å². The van der Waals surface area contributed by atoms with E-state index >= 15 is 0 Å². The Balaban J connectivity index is 1.38. The zero-order valence-electron chi connectivity index (χ0n) is 26.8. The van der Waals surface area contributed by atoms with E-state index in [-0.39, 0.29) is 48.7 Å². The molecule has 3 heterocycles. The van der Waals surface area contributed by atoms with Crippen LogP contribution in [0.25, 0.3) is 0 Å². The van der Waals surface area contributed by atoms with Crippen molar-refractivity contribution in [3.8, 4) is 5.75 Å². The molecule has 6 atom stereocenters. The predicted molar refractivity (Wildman–Crippen MR) is 165 cm³/mol. The summed E-state index contributed by atoms with van der Waals surface area (Å²) in [6.45, 7) is 10.3. The molecule has 8 nitrogen and oxygen atoms in total. The molecule has 43 heavy (non-hydrogen) atoms. The molecule has 3 saturated heterocycles. The standard InChI is InChI=1S/C35H53NO7/c1-5-7-8-11-29(41-24(3)37)13-14-31-32(27(6-2)21-33(31)42-25(4)38)20-26-10-9-12-30(19-26)40-23-35(39)43-34-22-36-17-15-28(34)16-18-36/h9-10,12,19,27-29,31-34H,5-8,11,13-18,20-23H2,1-4H3/t27-,29-,31+,32-,33+,34+/m0/s1. The summed E-state index contributed by atoms with van der Waals surface area (Å²) >= 11 is 0. The van der Waals surface area contributed by atoms with Gasteiger partial charge in [-0.05, 0) is 106 Å². The molecular formula is C35H53NO7. The van der Waals surface area contributed by atoms with Crippen LogP contribution in [0.2, 0.25) is 0 Å². The Morgan fingerprint density at radius 2 is 1.74 bits per heavy atom. The lowest BCUT2D eigenvalue weighted by Gasteiger charge is -2.43. The number of rotatable bonds is 16. The summed E-state index contributed by atoms with van der Waals surface area (Å²) in [4.78, 5) is 38.9. The minimum Gasteiger partial charge on any atom is -0.482 e. The topological polar surface area (TPSA) is 91.4 Å². The summed E-state index contributed by atoms with van der Waals surface area (Å²) in [5.74, 6) is 1.26. The van der Waals surface area contributed by atoms with Crippen molar-refractivity contribution in [3.05, 3.63) is 29.8 Å². The zero-order chi connectivity index (χ0) is 30.8. The molecule has 8 heteroatoms. The summed E-state index contributed by atoms with van der Waals surface area (Å²) < 4.78 is 23.3. The molecular weight excluding hydrogens is 546 g/mol. The lowest BCUT2D eigenvalue weighted by atomic mass is 9.80. The summed E-state index contributed by atoms with van der Waals surface area (Å²) in [6.07, 6.45) is 10.4. The van der Waals surface area contributed by atoms with Gasteiger partial charge < -0.3 is 18.9 Å². The van der Waals surface area contributed by atoms with Gasteiger partial charge in [0.1, 0.15) is 24.1 Å². The Hall–Kier alpha value is -2.61. The fourth-order valence-corrected chi connectivity index (χ4v) is 7.73. The minimum absolute atomic E-state index is 0.0209. The number of fused-ring (bicyclic) bond motifs is 3. The maximum absolute atomic E-state index is 12.6. The number of piperidine rings is 3. The highest BCUT2D eigenvalue weighted by atomic mass is 16.6. The average Bonchev–Trinajstić information content (AvgIpc) is 3.30. The fraction of sp³-hybridized carbons (Fsp3) is 0.743. The van der Waals surface area contributed by atoms with Gasteiger partial charge in [0.15, 0.2) is 6.61 Å². The number of hydrogen-bond acceptors (Lipinski definition) is 8. The molecule has 0 unspecified atom stereocenters. The van der Waals surface area contributed by atoms with E-state index in [2.05, 4.69) is 24.8 Å². The zero-order valence-corrected chi connectivity index (χ0v) is 26.8. The molecule has 0 spiro atoms. The largest absolute Gasteiger partial charge is 0.482 e. The van der Waals surface area contributed by atoms with Crippen LogP contribution in [0.15, 0.2) is 24.3 Å². The number of esters is 3. The summed E-state index contributed by atoms with van der Waals surface area (Å²) in [7, 11) is 0. The van der Waals surface area contributed by atoms with Crippen LogP contribution in [0.1, 0.15) is 97.5 Å². The number of ether oxygens (including phenoxy) is 4. The Kier molecular flexibility index (Phi) is 12.7. The van der Waals surface area contributed by atoms with Gasteiger partial charge >= 0.3 is 17.9 Å². The van der Waals surface area contributed by atoms with Crippen LogP contribution in [0, 0.1) is 23.7 Å². The first kappa shape index (κ1) is 33.3. The molecule has 4 aliphatic rings. The van der Waals surface area contributed by atoms with E-state index in [1.165, 1.54) is 13.8 Å². The molecule has 4 fully saturated rings. The average molecular weight is 600 g/mol. The van der Waals surface area contributed by atoms with Gasteiger partial charge in [-0.25, -0.2) is 4.79 Å². The smallest absolute Gasteiger partial charge is 0.344 e. The molecule has 0 amide bonds. The van der Waals surface area contributed by atoms with Crippen molar-refractivity contribution in [1.29, 1.82) is 0 Å². The van der Waals surface area contributed by atoms with Crippen molar-refractivity contribution in [3.63, 3.8) is 0 Å². The number of hydrogen-bond donors (Lipinski definition) is 0. The monoisotopic (exact) mass is 599 g/mol. The van der Waals surface area contributed by atoms with Crippen molar-refractivity contribution in [1.82, 2.24) is 4.90 Å². The Bertz CT molecular complexity index is 1050. The van der Waals surface area contributed by atoms with Crippen LogP contribution in [0.3, 0.4) is 0 Å². The first-order chi connectivity index (χ1) is 20.7. The number of benzene rings is 1. The van der Waals surface area contributed by atoms with Gasteiger partial charge in [-0.15, -0.1) is 0 Å². The van der Waals surface area contributed by atoms with E-state index in [0.29, 0.717) is 23.5 Å². The highest BCUT2D eigenvalue weighted by Crippen LogP contribution is 2.45. The Labute approximate surface area is 258 Å². The second kappa shape index (κ2) is 16.5. The predicted octanol–water partition coefficient (Wildman–Crippen LogP) is 6.13. The van der Waals surface area contributed by atoms with Crippen LogP contribution < -0.4 is 4.74 Å². The van der Waals surface area contributed by atoms with Gasteiger partial charge in [-0.1, -0.05) is 45.2 Å². The molecule has 1 aromatic carbocycles. The Morgan fingerprint density at radius 3 is 2.40 bits per heavy atom. The second-order valence-corrected chi connectivity index (χ2v) is 13.0. The van der Waals surface area contributed by atoms with E-state index in [9.17, 15) is 14.4 Å². The SMILES string of the molecule is CCCCC[C@@H](CC[C@@H]1[C@@H](Cc2cccc(OCC(=O)O[C@@H]3CN4CCC3CC4)c2)[C@@H](CC)C[C@H]1OC(C)=O)OC(C)=O. The third kappa shape index (κ3) is 9.95. The van der Waals surface area contributed by atoms with Gasteiger partial charge in [0.25, 0.3) is 0 Å². The van der Waals surface area contributed by atoms with Gasteiger partial charge in [-0.2, -0.15) is 0 Å². The maximum atomic E-state index is 12.6. The van der Waals surface area contributed by atoms with E-state index < -0.39 is 0 Å². The lowest BCUT2D eigenvalue weighted by Crippen LogP contribution is -2.52. The van der Waals surface area contributed by atoms with E-state index in [1.807, 2.05) is 18.2 Å². The Morgan fingerprint density at radius 1 is 0.953 bits per heavy atom. The minimum atomic E-state index is -0.309. The molecule has 0 radical (unpaired) electrons. The molecule has 1 aromatic rings. The van der Waals surface area contributed by atoms with Crippen LogP contribution in [0.4, 0.5) is 0 Å². The van der Waals surface area contributed by atoms with Crippen molar-refractivity contribution in [2.45, 2.75) is 117 Å². The van der Waals surface area contributed by atoms with Gasteiger partial charge in [-0.3, -0.25) is 14.5 Å². The van der Waals surface area contributed by atoms with Gasteiger partial charge in [0.05, 0.1) is 0 Å². The van der Waals surface area contributed by atoms with Crippen molar-refractivity contribution in [2.24, 2.45) is 23.7 Å². The molecule has 5 rings (SSSR count). The second-order valence-electron chi connectivity index (χ2n) is 13.0. The van der Waals surface area contributed by atoms with Crippen molar-refractivity contribution < 1.29 is 33.3 Å². The highest BCUT2D eigenvalue weighted by Gasteiger charge is 2.44. The van der Waals surface area contributed by atoms with Crippen LogP contribution in [-0.4, -0.2) is 67.4 Å². The third-order valence-corrected chi connectivity index (χ3v) is 9.90. The first-order valence-corrected chi connectivity index (χ1v) is 16.7. The van der Waals surface area contributed by atoms with Crippen molar-refractivity contribution >= 4 is 17.9 Å². The molecule has 0 aromatic heterocycles. The molecule has 240 valence electrons. The van der Waals surface area contributed by atoms with Crippen molar-refractivity contribution in [2.75, 3.05) is 26.2 Å². The fourth-order valence-electron chi connectivity index (χ4n) is 7.73. The summed E-state index contributed by atoms with van der Waals surface area (Å²) in [5.41, 5.74) is 1.14. The number of nitrogens with zero attached hydrogens (tertiary/aromatic N) is 1. The van der Waals surface area contributed by atoms with Crippen LogP contribution >= 0.6 is 0 Å². The van der Waals surface area contributed by atoms with Gasteiger partial charge in [0, 0.05) is 20.4 Å². The molecule has 2 bridgehead atoms. The summed E-state index contributed by atoms with van der Waals surface area (Å²) in [6, 6.07) is 7.99. The quantitative estimate of drug-likeness (QED) is 0.127. The molecule has 0 N–H and O–H groups in total.